The zero-order chi connectivity index (χ0) is 22.3. The smallest absolute Gasteiger partial charge is 0.263 e. The average molecular weight is 497 g/mol. The van der Waals surface area contributed by atoms with E-state index in [2.05, 4.69) is 4.72 Å². The number of hydrogen-bond donors (Lipinski definition) is 1. The fourth-order valence-corrected chi connectivity index (χ4v) is 6.40. The van der Waals surface area contributed by atoms with E-state index in [1.165, 1.54) is 23.1 Å². The van der Waals surface area contributed by atoms with E-state index in [0.717, 1.165) is 24.5 Å². The highest BCUT2D eigenvalue weighted by Gasteiger charge is 2.25. The van der Waals surface area contributed by atoms with Crippen LogP contribution in [0.15, 0.2) is 46.2 Å². The van der Waals surface area contributed by atoms with Crippen LogP contribution in [0.3, 0.4) is 0 Å². The lowest BCUT2D eigenvalue weighted by Gasteiger charge is -2.29. The summed E-state index contributed by atoms with van der Waals surface area (Å²) >= 11 is 5.96. The Balaban J connectivity index is 1.93. The maximum Gasteiger partial charge on any atom is 0.263 e. The quantitative estimate of drug-likeness (QED) is 0.671. The summed E-state index contributed by atoms with van der Waals surface area (Å²) in [5.74, 6) is -0.888. The van der Waals surface area contributed by atoms with Gasteiger partial charge in [0.05, 0.1) is 32.8 Å². The van der Waals surface area contributed by atoms with Crippen molar-refractivity contribution in [1.29, 1.82) is 0 Å². The Bertz CT molecular complexity index is 1300. The lowest BCUT2D eigenvalue weighted by Crippen LogP contribution is -2.40. The maximum atomic E-state index is 14.3. The second-order valence-electron chi connectivity index (χ2n) is 6.77. The van der Waals surface area contributed by atoms with E-state index < -0.39 is 40.4 Å². The fraction of sp³-hybridized carbons (Fsp3) is 0.294. The summed E-state index contributed by atoms with van der Waals surface area (Å²) in [5.41, 5.74) is 0.0711. The molecule has 8 nitrogen and oxygen atoms in total. The molecular formula is C17H18ClFN2O6S3. The predicted molar refractivity (Wildman–Crippen MR) is 113 cm³/mol. The molecule has 164 valence electrons. The molecule has 1 N–H and O–H groups in total. The van der Waals surface area contributed by atoms with Crippen molar-refractivity contribution in [3.63, 3.8) is 0 Å². The maximum absolute atomic E-state index is 14.3. The van der Waals surface area contributed by atoms with Crippen molar-refractivity contribution in [1.82, 2.24) is 0 Å². The molecule has 13 heteroatoms. The minimum atomic E-state index is -4.29. The van der Waals surface area contributed by atoms with Crippen molar-refractivity contribution >= 4 is 52.7 Å². The third kappa shape index (κ3) is 5.05. The van der Waals surface area contributed by atoms with Gasteiger partial charge < -0.3 is 4.90 Å². The van der Waals surface area contributed by atoms with E-state index in [1.807, 2.05) is 0 Å². The van der Waals surface area contributed by atoms with Gasteiger partial charge in [-0.25, -0.2) is 29.6 Å². The van der Waals surface area contributed by atoms with Gasteiger partial charge in [-0.15, -0.1) is 0 Å². The monoisotopic (exact) mass is 496 g/mol. The summed E-state index contributed by atoms with van der Waals surface area (Å²) in [4.78, 5) is 0.856. The largest absolute Gasteiger partial charge is 0.367 e. The third-order valence-corrected chi connectivity index (χ3v) is 9.09. The molecule has 1 heterocycles. The fourth-order valence-electron chi connectivity index (χ4n) is 2.90. The minimum Gasteiger partial charge on any atom is -0.367 e. The molecule has 0 atom stereocenters. The molecule has 0 unspecified atom stereocenters. The van der Waals surface area contributed by atoms with Crippen LogP contribution in [0.25, 0.3) is 0 Å². The molecule has 1 saturated heterocycles. The highest BCUT2D eigenvalue weighted by Crippen LogP contribution is 2.29. The van der Waals surface area contributed by atoms with Crippen LogP contribution in [0.1, 0.15) is 0 Å². The molecule has 0 amide bonds. The number of halogens is 2. The molecule has 0 spiro atoms. The Kier molecular flexibility index (Phi) is 6.07. The van der Waals surface area contributed by atoms with E-state index in [4.69, 9.17) is 11.6 Å². The van der Waals surface area contributed by atoms with Crippen molar-refractivity contribution < 1.29 is 29.6 Å². The molecular weight excluding hydrogens is 479 g/mol. The summed E-state index contributed by atoms with van der Waals surface area (Å²) < 4.78 is 88.8. The summed E-state index contributed by atoms with van der Waals surface area (Å²) in [5, 5.41) is -0.182. The number of nitrogens with one attached hydrogen (secondary N) is 1. The molecule has 0 saturated carbocycles. The number of nitrogens with zero attached hydrogens (tertiary/aromatic N) is 1. The van der Waals surface area contributed by atoms with Crippen LogP contribution in [-0.2, 0) is 29.7 Å². The third-order valence-electron chi connectivity index (χ3n) is 4.50. The van der Waals surface area contributed by atoms with Gasteiger partial charge in [0.1, 0.15) is 10.7 Å². The summed E-state index contributed by atoms with van der Waals surface area (Å²) in [6, 6.07) is 6.81. The van der Waals surface area contributed by atoms with Crippen molar-refractivity contribution in [3.05, 3.63) is 47.2 Å². The Morgan fingerprint density at radius 1 is 1.03 bits per heavy atom. The van der Waals surface area contributed by atoms with Gasteiger partial charge in [-0.2, -0.15) is 0 Å². The first kappa shape index (κ1) is 22.8. The average Bonchev–Trinajstić information content (AvgIpc) is 2.62. The van der Waals surface area contributed by atoms with Gasteiger partial charge in [-0.1, -0.05) is 11.6 Å². The van der Waals surface area contributed by atoms with Crippen LogP contribution in [0.2, 0.25) is 5.02 Å². The van der Waals surface area contributed by atoms with Gasteiger partial charge in [0.25, 0.3) is 10.0 Å². The van der Waals surface area contributed by atoms with E-state index in [1.54, 1.807) is 0 Å². The lowest BCUT2D eigenvalue weighted by atomic mass is 10.2. The first-order valence-corrected chi connectivity index (χ1v) is 14.1. The van der Waals surface area contributed by atoms with Crippen molar-refractivity contribution in [3.8, 4) is 0 Å². The molecule has 1 fully saturated rings. The molecule has 30 heavy (non-hydrogen) atoms. The number of benzene rings is 2. The summed E-state index contributed by atoms with van der Waals surface area (Å²) in [6.45, 7) is 0.162. The molecule has 0 radical (unpaired) electrons. The van der Waals surface area contributed by atoms with Crippen LogP contribution >= 0.6 is 11.6 Å². The second-order valence-corrected chi connectivity index (χ2v) is 13.2. The van der Waals surface area contributed by atoms with E-state index in [9.17, 15) is 29.6 Å². The van der Waals surface area contributed by atoms with Gasteiger partial charge in [-0.05, 0) is 36.4 Å². The van der Waals surface area contributed by atoms with Crippen molar-refractivity contribution in [2.24, 2.45) is 0 Å². The van der Waals surface area contributed by atoms with Gasteiger partial charge in [-0.3, -0.25) is 4.72 Å². The topological polar surface area (TPSA) is 118 Å². The molecule has 0 bridgehead atoms. The van der Waals surface area contributed by atoms with Crippen LogP contribution in [0.4, 0.5) is 15.8 Å². The molecule has 1 aliphatic rings. The van der Waals surface area contributed by atoms with Gasteiger partial charge in [0.15, 0.2) is 19.7 Å². The van der Waals surface area contributed by atoms with Crippen LogP contribution in [-0.4, -0.2) is 56.1 Å². The van der Waals surface area contributed by atoms with Gasteiger partial charge in [0.2, 0.25) is 0 Å². The number of sulfonamides is 1. The number of hydrogen-bond acceptors (Lipinski definition) is 7. The first-order valence-electron chi connectivity index (χ1n) is 8.56. The van der Waals surface area contributed by atoms with Crippen molar-refractivity contribution in [2.75, 3.05) is 40.5 Å². The Morgan fingerprint density at radius 2 is 1.67 bits per heavy atom. The van der Waals surface area contributed by atoms with E-state index in [-0.39, 0.29) is 45.9 Å². The van der Waals surface area contributed by atoms with Crippen LogP contribution in [0, 0.1) is 5.82 Å². The summed E-state index contributed by atoms with van der Waals surface area (Å²) in [7, 11) is -11.1. The zero-order valence-corrected chi connectivity index (χ0v) is 18.9. The standard InChI is InChI=1S/C17H18ClFN2O6S3/c1-28(22,23)13-3-4-14(18)17(11-13)30(26,27)20-12-2-5-15(19)16(10-12)21-6-8-29(24,25)9-7-21/h2-5,10-11,20H,6-9H2,1H3. The Morgan fingerprint density at radius 3 is 2.27 bits per heavy atom. The highest BCUT2D eigenvalue weighted by atomic mass is 35.5. The molecule has 0 aromatic heterocycles. The molecule has 3 rings (SSSR count). The van der Waals surface area contributed by atoms with Crippen LogP contribution < -0.4 is 9.62 Å². The molecule has 2 aromatic carbocycles. The second kappa shape index (κ2) is 7.98. The normalized spacial score (nSPS) is 17.0. The number of rotatable bonds is 5. The van der Waals surface area contributed by atoms with Gasteiger partial charge in [0, 0.05) is 19.3 Å². The van der Waals surface area contributed by atoms with Crippen LogP contribution in [0.5, 0.6) is 0 Å². The number of anilines is 2. The molecule has 0 aliphatic carbocycles. The van der Waals surface area contributed by atoms with Crippen molar-refractivity contribution in [2.45, 2.75) is 9.79 Å². The number of sulfone groups is 2. The lowest BCUT2D eigenvalue weighted by molar-refractivity contribution is 0.581. The highest BCUT2D eigenvalue weighted by molar-refractivity contribution is 7.93. The van der Waals surface area contributed by atoms with E-state index >= 15 is 0 Å². The first-order chi connectivity index (χ1) is 13.8. The molecule has 2 aromatic rings. The van der Waals surface area contributed by atoms with E-state index in [0.29, 0.717) is 0 Å². The predicted octanol–water partition coefficient (Wildman–Crippen LogP) is 1.92. The Hall–Kier alpha value is -1.89. The molecule has 1 aliphatic heterocycles. The Labute approximate surface area is 179 Å². The summed E-state index contributed by atoms with van der Waals surface area (Å²) in [6.07, 6.45) is 0.936. The van der Waals surface area contributed by atoms with Gasteiger partial charge >= 0.3 is 0 Å². The zero-order valence-electron chi connectivity index (χ0n) is 15.7. The minimum absolute atomic E-state index is 0.0145. The SMILES string of the molecule is CS(=O)(=O)c1ccc(Cl)c(S(=O)(=O)Nc2ccc(F)c(N3CCS(=O)(=O)CC3)c2)c1.